The molecule has 0 radical (unpaired) electrons. The van der Waals surface area contributed by atoms with Crippen LogP contribution in [-0.2, 0) is 4.79 Å². The van der Waals surface area contributed by atoms with Crippen LogP contribution in [0.1, 0.15) is 39.0 Å². The summed E-state index contributed by atoms with van der Waals surface area (Å²) >= 11 is 0. The van der Waals surface area contributed by atoms with Crippen molar-refractivity contribution in [3.63, 3.8) is 0 Å². The van der Waals surface area contributed by atoms with Crippen molar-refractivity contribution in [1.29, 1.82) is 0 Å². The van der Waals surface area contributed by atoms with Crippen LogP contribution in [0.4, 0.5) is 0 Å². The largest absolute Gasteiger partial charge is 0.314 e. The average molecular weight is 224 g/mol. The van der Waals surface area contributed by atoms with E-state index in [0.29, 0.717) is 5.78 Å². The van der Waals surface area contributed by atoms with Crippen LogP contribution in [-0.4, -0.2) is 43.4 Å². The minimum Gasteiger partial charge on any atom is -0.314 e. The van der Waals surface area contributed by atoms with E-state index in [0.717, 1.165) is 45.6 Å². The first kappa shape index (κ1) is 12.1. The number of Topliss-reactive ketones (excluding diaryl/α,β-unsaturated/α-hetero) is 1. The Labute approximate surface area is 98.6 Å². The van der Waals surface area contributed by atoms with Gasteiger partial charge in [0.15, 0.2) is 0 Å². The van der Waals surface area contributed by atoms with Gasteiger partial charge in [0.05, 0.1) is 0 Å². The van der Waals surface area contributed by atoms with Gasteiger partial charge in [-0.15, -0.1) is 0 Å². The van der Waals surface area contributed by atoms with Crippen molar-refractivity contribution in [3.05, 3.63) is 0 Å². The summed E-state index contributed by atoms with van der Waals surface area (Å²) in [4.78, 5) is 14.4. The maximum absolute atomic E-state index is 12.0. The maximum Gasteiger partial charge on any atom is 0.137 e. The van der Waals surface area contributed by atoms with Crippen molar-refractivity contribution < 1.29 is 4.79 Å². The lowest BCUT2D eigenvalue weighted by molar-refractivity contribution is -0.129. The lowest BCUT2D eigenvalue weighted by Gasteiger charge is -2.40. The van der Waals surface area contributed by atoms with Gasteiger partial charge in [-0.25, -0.2) is 0 Å². The number of piperazine rings is 1. The first-order chi connectivity index (χ1) is 7.73. The average Bonchev–Trinajstić information content (AvgIpc) is 2.31. The fraction of sp³-hybridized carbons (Fsp3) is 0.923. The standard InChI is InChI=1S/C13H24N2O/c1-12(16)13(5-3-2-4-6-13)11-15-9-7-14-8-10-15/h14H,2-11H2,1H3. The Morgan fingerprint density at radius 3 is 2.38 bits per heavy atom. The van der Waals surface area contributed by atoms with Crippen molar-refractivity contribution in [2.75, 3.05) is 32.7 Å². The Morgan fingerprint density at radius 2 is 1.81 bits per heavy atom. The molecule has 0 aromatic carbocycles. The first-order valence-corrected chi connectivity index (χ1v) is 6.67. The number of carbonyl (C=O) groups excluding carboxylic acids is 1. The van der Waals surface area contributed by atoms with Crippen molar-refractivity contribution >= 4 is 5.78 Å². The van der Waals surface area contributed by atoms with Gasteiger partial charge in [0.2, 0.25) is 0 Å². The van der Waals surface area contributed by atoms with Gasteiger partial charge in [0, 0.05) is 38.1 Å². The minimum absolute atomic E-state index is 0.00437. The zero-order chi connectivity index (χ0) is 11.4. The van der Waals surface area contributed by atoms with Gasteiger partial charge in [0.25, 0.3) is 0 Å². The predicted molar refractivity (Wildman–Crippen MR) is 65.5 cm³/mol. The second-order valence-corrected chi connectivity index (χ2v) is 5.42. The van der Waals surface area contributed by atoms with E-state index in [1.165, 1.54) is 19.3 Å². The van der Waals surface area contributed by atoms with Gasteiger partial charge in [-0.1, -0.05) is 19.3 Å². The van der Waals surface area contributed by atoms with Gasteiger partial charge < -0.3 is 5.32 Å². The molecule has 2 aliphatic rings. The molecule has 0 aromatic heterocycles. The molecule has 3 nitrogen and oxygen atoms in total. The SMILES string of the molecule is CC(=O)C1(CN2CCNCC2)CCCCC1. The Morgan fingerprint density at radius 1 is 1.19 bits per heavy atom. The summed E-state index contributed by atoms with van der Waals surface area (Å²) in [5, 5.41) is 3.37. The fourth-order valence-electron chi connectivity index (χ4n) is 3.15. The zero-order valence-electron chi connectivity index (χ0n) is 10.4. The van der Waals surface area contributed by atoms with E-state index in [9.17, 15) is 4.79 Å². The highest BCUT2D eigenvalue weighted by molar-refractivity contribution is 5.82. The van der Waals surface area contributed by atoms with Gasteiger partial charge in [-0.05, 0) is 19.8 Å². The van der Waals surface area contributed by atoms with E-state index < -0.39 is 0 Å². The second kappa shape index (κ2) is 5.28. The van der Waals surface area contributed by atoms with Crippen molar-refractivity contribution in [2.24, 2.45) is 5.41 Å². The number of rotatable bonds is 3. The van der Waals surface area contributed by atoms with Crippen molar-refractivity contribution in [1.82, 2.24) is 10.2 Å². The summed E-state index contributed by atoms with van der Waals surface area (Å²) in [6.45, 7) is 7.17. The molecule has 0 atom stereocenters. The molecule has 2 fully saturated rings. The van der Waals surface area contributed by atoms with E-state index in [4.69, 9.17) is 0 Å². The van der Waals surface area contributed by atoms with Crippen LogP contribution in [0.25, 0.3) is 0 Å². The molecule has 1 saturated carbocycles. The highest BCUT2D eigenvalue weighted by atomic mass is 16.1. The summed E-state index contributed by atoms with van der Waals surface area (Å²) < 4.78 is 0. The summed E-state index contributed by atoms with van der Waals surface area (Å²) in [6.07, 6.45) is 6.03. The van der Waals surface area contributed by atoms with Crippen LogP contribution in [0.2, 0.25) is 0 Å². The van der Waals surface area contributed by atoms with Gasteiger partial charge >= 0.3 is 0 Å². The molecule has 3 heteroatoms. The first-order valence-electron chi connectivity index (χ1n) is 6.67. The smallest absolute Gasteiger partial charge is 0.137 e. The van der Waals surface area contributed by atoms with Gasteiger partial charge in [-0.3, -0.25) is 9.69 Å². The molecular weight excluding hydrogens is 200 g/mol. The molecule has 92 valence electrons. The number of hydrogen-bond donors (Lipinski definition) is 1. The Bertz CT molecular complexity index is 240. The maximum atomic E-state index is 12.0. The number of hydrogen-bond acceptors (Lipinski definition) is 3. The molecule has 1 saturated heterocycles. The third-order valence-corrected chi connectivity index (χ3v) is 4.29. The highest BCUT2D eigenvalue weighted by Crippen LogP contribution is 2.37. The summed E-state index contributed by atoms with van der Waals surface area (Å²) in [5.74, 6) is 0.422. The summed E-state index contributed by atoms with van der Waals surface area (Å²) in [6, 6.07) is 0. The summed E-state index contributed by atoms with van der Waals surface area (Å²) in [7, 11) is 0. The van der Waals surface area contributed by atoms with Crippen LogP contribution in [0, 0.1) is 5.41 Å². The number of carbonyl (C=O) groups is 1. The second-order valence-electron chi connectivity index (χ2n) is 5.42. The molecule has 0 spiro atoms. The molecule has 1 heterocycles. The lowest BCUT2D eigenvalue weighted by atomic mass is 9.71. The Balaban J connectivity index is 1.98. The van der Waals surface area contributed by atoms with Crippen LogP contribution in [0.5, 0.6) is 0 Å². The van der Waals surface area contributed by atoms with E-state index >= 15 is 0 Å². The topological polar surface area (TPSA) is 32.3 Å². The molecule has 16 heavy (non-hydrogen) atoms. The van der Waals surface area contributed by atoms with Crippen molar-refractivity contribution in [2.45, 2.75) is 39.0 Å². The molecule has 0 unspecified atom stereocenters. The van der Waals surface area contributed by atoms with Crippen LogP contribution < -0.4 is 5.32 Å². The van der Waals surface area contributed by atoms with Crippen LogP contribution in [0.15, 0.2) is 0 Å². The van der Waals surface area contributed by atoms with Crippen molar-refractivity contribution in [3.8, 4) is 0 Å². The molecule has 1 aliphatic carbocycles. The summed E-state index contributed by atoms with van der Waals surface area (Å²) in [5.41, 5.74) is -0.00437. The number of nitrogens with one attached hydrogen (secondary N) is 1. The molecule has 2 rings (SSSR count). The quantitative estimate of drug-likeness (QED) is 0.787. The van der Waals surface area contributed by atoms with Gasteiger partial charge in [-0.2, -0.15) is 0 Å². The number of nitrogens with zero attached hydrogens (tertiary/aromatic N) is 1. The van der Waals surface area contributed by atoms with E-state index in [1.807, 2.05) is 0 Å². The fourth-order valence-corrected chi connectivity index (χ4v) is 3.15. The zero-order valence-corrected chi connectivity index (χ0v) is 10.4. The van der Waals surface area contributed by atoms with E-state index in [1.54, 1.807) is 6.92 Å². The van der Waals surface area contributed by atoms with Crippen LogP contribution in [0.3, 0.4) is 0 Å². The van der Waals surface area contributed by atoms with E-state index in [2.05, 4.69) is 10.2 Å². The Kier molecular flexibility index (Phi) is 3.98. The molecule has 1 aliphatic heterocycles. The normalized spacial score (nSPS) is 26.6. The third-order valence-electron chi connectivity index (χ3n) is 4.29. The molecule has 0 amide bonds. The predicted octanol–water partition coefficient (Wildman–Crippen LogP) is 1.43. The molecule has 1 N–H and O–H groups in total. The Hall–Kier alpha value is -0.410. The molecule has 0 bridgehead atoms. The van der Waals surface area contributed by atoms with Crippen LogP contribution >= 0.6 is 0 Å². The lowest BCUT2D eigenvalue weighted by Crippen LogP contribution is -2.50. The third kappa shape index (κ3) is 2.64. The highest BCUT2D eigenvalue weighted by Gasteiger charge is 2.38. The monoisotopic (exact) mass is 224 g/mol. The van der Waals surface area contributed by atoms with E-state index in [-0.39, 0.29) is 5.41 Å². The number of ketones is 1. The minimum atomic E-state index is -0.00437. The molecule has 0 aromatic rings. The van der Waals surface area contributed by atoms with Gasteiger partial charge in [0.1, 0.15) is 5.78 Å². The molecular formula is C13H24N2O.